The van der Waals surface area contributed by atoms with E-state index in [1.807, 2.05) is 48.8 Å². The molecule has 0 atom stereocenters. The van der Waals surface area contributed by atoms with E-state index in [1.54, 1.807) is 0 Å². The Morgan fingerprint density at radius 2 is 0.724 bits per heavy atom. The van der Waals surface area contributed by atoms with Crippen LogP contribution in [0.15, 0.2) is 273 Å². The van der Waals surface area contributed by atoms with Crippen molar-refractivity contribution in [3.05, 3.63) is 296 Å². The molecule has 0 N–H and O–H groups in total. The van der Waals surface area contributed by atoms with Gasteiger partial charge < -0.3 is 14.0 Å². The van der Waals surface area contributed by atoms with Crippen molar-refractivity contribution in [3.63, 3.8) is 0 Å². The summed E-state index contributed by atoms with van der Waals surface area (Å²) < 4.78 is 4.84. The average Bonchev–Trinajstić information content (AvgIpc) is 4.03. The molecule has 0 fully saturated rings. The maximum absolute atomic E-state index is 5.53. The highest BCUT2D eigenvalue weighted by molar-refractivity contribution is 6.11. The van der Waals surface area contributed by atoms with Crippen molar-refractivity contribution in [1.82, 2.24) is 29.1 Å². The summed E-state index contributed by atoms with van der Waals surface area (Å²) in [5.74, 6) is 0.642. The van der Waals surface area contributed by atoms with Gasteiger partial charge in [0.15, 0.2) is 5.82 Å². The first-order valence-electron chi connectivity index (χ1n) is 25.7. The van der Waals surface area contributed by atoms with Crippen molar-refractivity contribution < 1.29 is 0 Å². The van der Waals surface area contributed by atoms with Crippen molar-refractivity contribution in [2.24, 2.45) is 0 Å². The molecule has 7 heteroatoms. The van der Waals surface area contributed by atoms with Gasteiger partial charge in [0.25, 0.3) is 0 Å². The van der Waals surface area contributed by atoms with Crippen molar-refractivity contribution in [1.29, 1.82) is 0 Å². The van der Waals surface area contributed by atoms with Gasteiger partial charge in [-0.3, -0.25) is 9.97 Å². The summed E-state index contributed by atoms with van der Waals surface area (Å²) in [5.41, 5.74) is 19.3. The third-order valence-electron chi connectivity index (χ3n) is 15.3. The van der Waals surface area contributed by atoms with Crippen LogP contribution in [0.2, 0.25) is 0 Å². The smallest absolute Gasteiger partial charge is 0.160 e. The molecule has 15 rings (SSSR count). The van der Waals surface area contributed by atoms with E-state index in [9.17, 15) is 0 Å². The van der Waals surface area contributed by atoms with Gasteiger partial charge in [0.2, 0.25) is 0 Å². The van der Waals surface area contributed by atoms with Gasteiger partial charge >= 0.3 is 0 Å². The summed E-state index contributed by atoms with van der Waals surface area (Å²) in [6, 6.07) is 93.3. The van der Waals surface area contributed by atoms with E-state index in [1.165, 1.54) is 11.1 Å². The molecule has 0 saturated heterocycles. The number of pyridine rings is 2. The van der Waals surface area contributed by atoms with Gasteiger partial charge in [-0.2, -0.15) is 0 Å². The van der Waals surface area contributed by atoms with Gasteiger partial charge in [0.1, 0.15) is 0 Å². The number of nitrogens with zero attached hydrogens (tertiary/aromatic N) is 7. The molecule has 0 radical (unpaired) electrons. The lowest BCUT2D eigenvalue weighted by atomic mass is 9.62. The first-order valence-corrected chi connectivity index (χ1v) is 25.7. The van der Waals surface area contributed by atoms with E-state index in [0.29, 0.717) is 5.82 Å². The lowest BCUT2D eigenvalue weighted by Crippen LogP contribution is -2.38. The van der Waals surface area contributed by atoms with Crippen molar-refractivity contribution in [3.8, 4) is 45.3 Å². The fourth-order valence-electron chi connectivity index (χ4n) is 12.1. The molecule has 356 valence electrons. The lowest BCUT2D eigenvalue weighted by Gasteiger charge is -2.47. The highest BCUT2D eigenvalue weighted by atomic mass is 15.2. The topological polar surface area (TPSA) is 64.7 Å². The summed E-state index contributed by atoms with van der Waals surface area (Å²) in [6.45, 7) is 0. The van der Waals surface area contributed by atoms with Crippen LogP contribution in [0.25, 0.3) is 89.2 Å². The van der Waals surface area contributed by atoms with E-state index in [-0.39, 0.29) is 0 Å². The molecule has 0 amide bonds. The van der Waals surface area contributed by atoms with Gasteiger partial charge in [-0.05, 0) is 89.0 Å². The Balaban J connectivity index is 1.15. The number of anilines is 3. The standard InChI is InChI=1S/C69H45N7/c1-5-23-46(24-6-1)55-45-56(73-68(72-55)47-25-7-2-8-26-47)48-43-63(74-57-35-17-13-31-51(57)65-61(74)39-21-41-70-65)67(64(44-48)75-58-36-18-14-32-52(58)66-62(75)40-22-42-71-66)76-59-37-19-15-33-53(59)69(49-27-9-3-10-28-49,50-29-11-4-12-30-50)54-34-16-20-38-60(54)76/h1-45H. The number of aromatic nitrogens is 6. The molecule has 76 heavy (non-hydrogen) atoms. The van der Waals surface area contributed by atoms with Gasteiger partial charge in [-0.1, -0.05) is 194 Å². The summed E-state index contributed by atoms with van der Waals surface area (Å²) in [7, 11) is 0. The Bertz CT molecular complexity index is 4140. The van der Waals surface area contributed by atoms with Crippen LogP contribution in [0, 0.1) is 0 Å². The largest absolute Gasteiger partial charge is 0.306 e. The normalized spacial score (nSPS) is 12.8. The molecule has 1 aliphatic rings. The molecule has 1 aliphatic heterocycles. The molecule has 6 heterocycles. The second kappa shape index (κ2) is 17.5. The average molecular weight is 972 g/mol. The van der Waals surface area contributed by atoms with Gasteiger partial charge in [0.05, 0.1) is 78.3 Å². The molecule has 0 spiro atoms. The summed E-state index contributed by atoms with van der Waals surface area (Å²) >= 11 is 0. The molecule has 0 bridgehead atoms. The van der Waals surface area contributed by atoms with Crippen molar-refractivity contribution >= 4 is 60.9 Å². The Morgan fingerprint density at radius 1 is 0.316 bits per heavy atom. The number of fused-ring (bicyclic) bond motifs is 8. The van der Waals surface area contributed by atoms with E-state index in [4.69, 9.17) is 19.9 Å². The van der Waals surface area contributed by atoms with E-state index in [2.05, 4.69) is 238 Å². The molecular formula is C69H45N7. The predicted octanol–water partition coefficient (Wildman–Crippen LogP) is 16.6. The molecule has 14 aromatic rings. The SMILES string of the molecule is c1ccc(-c2cc(-c3cc(-n4c5ccccc5c5ncccc54)c(N4c5ccccc5C(c5ccccc5)(c5ccccc5)c5ccccc54)c(-n4c5ccccc5c5ncccc54)c3)nc(-c3ccccc3)n2)cc1. The summed E-state index contributed by atoms with van der Waals surface area (Å²) in [4.78, 5) is 23.5. The first-order chi connectivity index (χ1) is 37.7. The fourth-order valence-corrected chi connectivity index (χ4v) is 12.1. The zero-order valence-corrected chi connectivity index (χ0v) is 41.1. The molecule has 0 unspecified atom stereocenters. The number of para-hydroxylation sites is 4. The van der Waals surface area contributed by atoms with Crippen LogP contribution in [-0.4, -0.2) is 29.1 Å². The fraction of sp³-hybridized carbons (Fsp3) is 0.0145. The van der Waals surface area contributed by atoms with Gasteiger partial charge in [0, 0.05) is 39.9 Å². The zero-order chi connectivity index (χ0) is 50.2. The molecule has 7 nitrogen and oxygen atoms in total. The van der Waals surface area contributed by atoms with Crippen LogP contribution >= 0.6 is 0 Å². The minimum atomic E-state index is -0.692. The van der Waals surface area contributed by atoms with Crippen LogP contribution < -0.4 is 4.90 Å². The third-order valence-corrected chi connectivity index (χ3v) is 15.3. The summed E-state index contributed by atoms with van der Waals surface area (Å²) in [6.07, 6.45) is 3.79. The molecule has 0 saturated carbocycles. The quantitative estimate of drug-likeness (QED) is 0.152. The third kappa shape index (κ3) is 6.55. The molecule has 5 aromatic heterocycles. The number of benzene rings is 9. The zero-order valence-electron chi connectivity index (χ0n) is 41.1. The molecule has 9 aromatic carbocycles. The minimum Gasteiger partial charge on any atom is -0.306 e. The monoisotopic (exact) mass is 971 g/mol. The second-order valence-corrected chi connectivity index (χ2v) is 19.4. The van der Waals surface area contributed by atoms with Crippen molar-refractivity contribution in [2.75, 3.05) is 4.90 Å². The van der Waals surface area contributed by atoms with E-state index in [0.717, 1.165) is 112 Å². The van der Waals surface area contributed by atoms with E-state index < -0.39 is 5.41 Å². The Kier molecular flexibility index (Phi) is 9.97. The number of hydrogen-bond acceptors (Lipinski definition) is 5. The van der Waals surface area contributed by atoms with Crippen molar-refractivity contribution in [2.45, 2.75) is 5.41 Å². The highest BCUT2D eigenvalue weighted by Crippen LogP contribution is 2.60. The lowest BCUT2D eigenvalue weighted by molar-refractivity contribution is 0.731. The molecule has 0 aliphatic carbocycles. The van der Waals surface area contributed by atoms with Crippen LogP contribution in [0.4, 0.5) is 17.1 Å². The Morgan fingerprint density at radius 3 is 1.24 bits per heavy atom. The summed E-state index contributed by atoms with van der Waals surface area (Å²) in [5, 5.41) is 2.12. The van der Waals surface area contributed by atoms with Crippen LogP contribution in [0.1, 0.15) is 22.3 Å². The first kappa shape index (κ1) is 43.4. The van der Waals surface area contributed by atoms with Gasteiger partial charge in [-0.15, -0.1) is 0 Å². The van der Waals surface area contributed by atoms with E-state index >= 15 is 0 Å². The maximum Gasteiger partial charge on any atom is 0.160 e. The Hall–Kier alpha value is -10.2. The van der Waals surface area contributed by atoms with Gasteiger partial charge in [-0.25, -0.2) is 9.97 Å². The second-order valence-electron chi connectivity index (χ2n) is 19.4. The predicted molar refractivity (Wildman–Crippen MR) is 309 cm³/mol. The minimum absolute atomic E-state index is 0.642. The number of hydrogen-bond donors (Lipinski definition) is 0. The van der Waals surface area contributed by atoms with Crippen LogP contribution in [0.3, 0.4) is 0 Å². The maximum atomic E-state index is 5.53. The highest BCUT2D eigenvalue weighted by Gasteiger charge is 2.47. The number of rotatable bonds is 8. The van der Waals surface area contributed by atoms with Crippen LogP contribution in [0.5, 0.6) is 0 Å². The Labute approximate surface area is 439 Å². The molecular weight excluding hydrogens is 927 g/mol. The van der Waals surface area contributed by atoms with Crippen LogP contribution in [-0.2, 0) is 5.41 Å².